The first-order valence-electron chi connectivity index (χ1n) is 16.3. The fourth-order valence-electron chi connectivity index (χ4n) is 4.75. The van der Waals surface area contributed by atoms with E-state index in [4.69, 9.17) is 20.9 Å². The maximum absolute atomic E-state index is 12.9. The molecule has 0 saturated carbocycles. The number of para-hydroxylation sites is 1. The van der Waals surface area contributed by atoms with Crippen LogP contribution in [0, 0.1) is 5.82 Å². The number of nitrogens with one attached hydrogen (secondary N) is 2. The van der Waals surface area contributed by atoms with Gasteiger partial charge in [0.15, 0.2) is 0 Å². The monoisotopic (exact) mass is 662 g/mol. The van der Waals surface area contributed by atoms with Crippen LogP contribution in [0.15, 0.2) is 121 Å². The van der Waals surface area contributed by atoms with E-state index in [9.17, 15) is 14.0 Å². The predicted octanol–water partition coefficient (Wildman–Crippen LogP) is 7.86. The Morgan fingerprint density at radius 2 is 1.08 bits per heavy atom. The highest BCUT2D eigenvalue weighted by Crippen LogP contribution is 2.25. The van der Waals surface area contributed by atoms with E-state index in [0.29, 0.717) is 47.2 Å². The molecule has 0 spiro atoms. The molecule has 254 valence electrons. The number of unbranched alkanes of at least 4 members (excludes halogenated alkanes) is 2. The minimum Gasteiger partial charge on any atom is -0.457 e. The summed E-state index contributed by atoms with van der Waals surface area (Å²) in [4.78, 5) is 22.5. The van der Waals surface area contributed by atoms with Gasteiger partial charge in [-0.2, -0.15) is 0 Å². The van der Waals surface area contributed by atoms with Crippen LogP contribution in [-0.4, -0.2) is 18.4 Å². The molecule has 0 unspecified atom stereocenters. The first kappa shape index (κ1) is 36.3. The molecule has 5 aromatic carbocycles. The second-order valence-electron chi connectivity index (χ2n) is 11.4. The van der Waals surface area contributed by atoms with Crippen LogP contribution in [0.5, 0.6) is 23.0 Å². The molecule has 0 fully saturated rings. The molecule has 0 aliphatic carbocycles. The lowest BCUT2D eigenvalue weighted by molar-refractivity contribution is 0.0990. The van der Waals surface area contributed by atoms with E-state index >= 15 is 0 Å². The molecule has 6 N–H and O–H groups in total. The molecule has 0 saturated heterocycles. The smallest absolute Gasteiger partial charge is 0.252 e. The lowest BCUT2D eigenvalue weighted by Gasteiger charge is -2.10. The number of amides is 2. The molecule has 5 rings (SSSR count). The fourth-order valence-corrected chi connectivity index (χ4v) is 4.75. The summed E-state index contributed by atoms with van der Waals surface area (Å²) in [5, 5.41) is 6.74. The number of hydrogen-bond donors (Lipinski definition) is 4. The molecule has 0 aromatic heterocycles. The molecule has 5 aromatic rings. The van der Waals surface area contributed by atoms with E-state index in [1.807, 2.05) is 54.6 Å². The molecule has 0 aliphatic rings. The number of carbonyl (C=O) groups is 2. The van der Waals surface area contributed by atoms with Gasteiger partial charge in [-0.15, -0.1) is 0 Å². The Labute approximate surface area is 287 Å². The largest absolute Gasteiger partial charge is 0.457 e. The predicted molar refractivity (Wildman–Crippen MR) is 191 cm³/mol. The van der Waals surface area contributed by atoms with E-state index < -0.39 is 11.8 Å². The summed E-state index contributed by atoms with van der Waals surface area (Å²) in [7, 11) is 0. The minimum absolute atomic E-state index is 0.228. The van der Waals surface area contributed by atoms with Gasteiger partial charge in [0, 0.05) is 25.2 Å². The molecule has 2 amide bonds. The van der Waals surface area contributed by atoms with Gasteiger partial charge in [0.05, 0.1) is 5.56 Å². The maximum Gasteiger partial charge on any atom is 0.252 e. The number of hydrogen-bond acceptors (Lipinski definition) is 6. The highest BCUT2D eigenvalue weighted by atomic mass is 19.1. The van der Waals surface area contributed by atoms with Gasteiger partial charge < -0.3 is 31.6 Å². The summed E-state index contributed by atoms with van der Waals surface area (Å²) >= 11 is 0. The second-order valence-corrected chi connectivity index (χ2v) is 11.4. The highest BCUT2D eigenvalue weighted by Gasteiger charge is 2.09. The van der Waals surface area contributed by atoms with E-state index in [-0.39, 0.29) is 5.82 Å². The SMILES string of the molecule is CCCCCNCc1ccc(Oc2ccccc2C(N)=O)cc1.NC(=O)c1ccc(Oc2ccc(CNCc3ccc(F)cc3)cc2)cc1. The number of halogens is 1. The molecule has 0 atom stereocenters. The Hall–Kier alpha value is -5.51. The molecule has 0 aliphatic heterocycles. The van der Waals surface area contributed by atoms with E-state index in [2.05, 4.69) is 17.6 Å². The van der Waals surface area contributed by atoms with Crippen molar-refractivity contribution in [3.05, 3.63) is 155 Å². The van der Waals surface area contributed by atoms with Crippen LogP contribution in [0.25, 0.3) is 0 Å². The van der Waals surface area contributed by atoms with Gasteiger partial charge in [-0.3, -0.25) is 9.59 Å². The third kappa shape index (κ3) is 12.6. The average Bonchev–Trinajstić information content (AvgIpc) is 3.11. The van der Waals surface area contributed by atoms with E-state index in [1.165, 1.54) is 37.0 Å². The number of ether oxygens (including phenoxy) is 2. The van der Waals surface area contributed by atoms with Crippen molar-refractivity contribution in [1.29, 1.82) is 0 Å². The zero-order valence-electron chi connectivity index (χ0n) is 27.7. The van der Waals surface area contributed by atoms with E-state index in [0.717, 1.165) is 24.2 Å². The third-order valence-electron chi connectivity index (χ3n) is 7.46. The van der Waals surface area contributed by atoms with Crippen molar-refractivity contribution >= 4 is 11.8 Å². The zero-order valence-corrected chi connectivity index (χ0v) is 27.7. The summed E-state index contributed by atoms with van der Waals surface area (Å²) in [6.07, 6.45) is 3.71. The van der Waals surface area contributed by atoms with Gasteiger partial charge in [0.1, 0.15) is 28.8 Å². The molecule has 0 heterocycles. The molecule has 8 nitrogen and oxygen atoms in total. The van der Waals surface area contributed by atoms with Crippen molar-refractivity contribution in [3.8, 4) is 23.0 Å². The topological polar surface area (TPSA) is 129 Å². The third-order valence-corrected chi connectivity index (χ3v) is 7.46. The first-order valence-corrected chi connectivity index (χ1v) is 16.3. The van der Waals surface area contributed by atoms with Crippen molar-refractivity contribution in [3.63, 3.8) is 0 Å². The number of nitrogens with two attached hydrogens (primary N) is 2. The molecule has 0 bridgehead atoms. The van der Waals surface area contributed by atoms with Crippen LogP contribution in [0.1, 0.15) is 63.6 Å². The Balaban J connectivity index is 0.000000223. The van der Waals surface area contributed by atoms with Gasteiger partial charge in [-0.25, -0.2) is 4.39 Å². The van der Waals surface area contributed by atoms with Gasteiger partial charge in [-0.1, -0.05) is 68.3 Å². The Morgan fingerprint density at radius 3 is 1.61 bits per heavy atom. The molecule has 0 radical (unpaired) electrons. The first-order chi connectivity index (χ1) is 23.8. The summed E-state index contributed by atoms with van der Waals surface area (Å²) in [6.45, 7) is 5.46. The van der Waals surface area contributed by atoms with Crippen LogP contribution in [-0.2, 0) is 19.6 Å². The van der Waals surface area contributed by atoms with Gasteiger partial charge in [-0.05, 0) is 102 Å². The highest BCUT2D eigenvalue weighted by molar-refractivity contribution is 5.95. The van der Waals surface area contributed by atoms with Crippen molar-refractivity contribution < 1.29 is 23.5 Å². The average molecular weight is 663 g/mol. The van der Waals surface area contributed by atoms with E-state index in [1.54, 1.807) is 54.6 Å². The lowest BCUT2D eigenvalue weighted by atomic mass is 10.2. The summed E-state index contributed by atoms with van der Waals surface area (Å²) in [5.74, 6) is 1.33. The van der Waals surface area contributed by atoms with Crippen LogP contribution < -0.4 is 31.6 Å². The molecule has 9 heteroatoms. The molecule has 49 heavy (non-hydrogen) atoms. The van der Waals surface area contributed by atoms with Gasteiger partial charge in [0.25, 0.3) is 5.91 Å². The van der Waals surface area contributed by atoms with Crippen LogP contribution >= 0.6 is 0 Å². The Kier molecular flexibility index (Phi) is 14.3. The minimum atomic E-state index is -0.492. The lowest BCUT2D eigenvalue weighted by Crippen LogP contribution is -2.14. The van der Waals surface area contributed by atoms with Crippen molar-refractivity contribution in [2.24, 2.45) is 11.5 Å². The van der Waals surface area contributed by atoms with Gasteiger partial charge in [0.2, 0.25) is 5.91 Å². The summed E-state index contributed by atoms with van der Waals surface area (Å²) in [6, 6.07) is 35.7. The number of rotatable bonds is 16. The zero-order chi connectivity index (χ0) is 34.8. The van der Waals surface area contributed by atoms with Crippen LogP contribution in [0.3, 0.4) is 0 Å². The fraction of sp³-hybridized carbons (Fsp3) is 0.200. The quantitative estimate of drug-likeness (QED) is 0.0797. The van der Waals surface area contributed by atoms with Crippen molar-refractivity contribution in [1.82, 2.24) is 10.6 Å². The normalized spacial score (nSPS) is 10.5. The number of primary amides is 2. The summed E-state index contributed by atoms with van der Waals surface area (Å²) in [5.41, 5.74) is 14.7. The van der Waals surface area contributed by atoms with Crippen LogP contribution in [0.2, 0.25) is 0 Å². The molecular formula is C40H43FN4O4. The summed E-state index contributed by atoms with van der Waals surface area (Å²) < 4.78 is 24.4. The maximum atomic E-state index is 12.9. The van der Waals surface area contributed by atoms with Crippen molar-refractivity contribution in [2.75, 3.05) is 6.54 Å². The number of carbonyl (C=O) groups excluding carboxylic acids is 2. The van der Waals surface area contributed by atoms with Crippen LogP contribution in [0.4, 0.5) is 4.39 Å². The van der Waals surface area contributed by atoms with Crippen molar-refractivity contribution in [2.45, 2.75) is 45.8 Å². The molecular weight excluding hydrogens is 619 g/mol. The standard InChI is InChI=1S/C21H19FN2O2.C19H24N2O2/c22-18-7-1-15(2-8-18)13-24-14-16-3-9-19(10-4-16)26-20-11-5-17(6-12-20)21(23)25;1-2-3-6-13-21-14-15-9-11-16(12-10-15)23-18-8-5-4-7-17(18)19(20)22/h1-12,24H,13-14H2,(H2,23,25);4-5,7-12,21H,2-3,6,13-14H2,1H3,(H2,20,22). The Morgan fingerprint density at radius 1 is 0.592 bits per heavy atom. The Bertz CT molecular complexity index is 1740. The number of benzene rings is 5. The van der Waals surface area contributed by atoms with Gasteiger partial charge >= 0.3 is 0 Å². The second kappa shape index (κ2) is 19.3.